The Morgan fingerprint density at radius 2 is 2.04 bits per heavy atom. The Balaban J connectivity index is 1.37. The van der Waals surface area contributed by atoms with Gasteiger partial charge in [0.1, 0.15) is 5.75 Å². The summed E-state index contributed by atoms with van der Waals surface area (Å²) in [5.41, 5.74) is 2.83. The van der Waals surface area contributed by atoms with Gasteiger partial charge in [-0.05, 0) is 55.3 Å². The lowest BCUT2D eigenvalue weighted by Gasteiger charge is -2.33. The van der Waals surface area contributed by atoms with E-state index < -0.39 is 0 Å². The lowest BCUT2D eigenvalue weighted by Crippen LogP contribution is -2.46. The van der Waals surface area contributed by atoms with Crippen LogP contribution in [0.4, 0.5) is 16.2 Å². The van der Waals surface area contributed by atoms with E-state index in [1.165, 1.54) is 0 Å². The van der Waals surface area contributed by atoms with Gasteiger partial charge in [-0.2, -0.15) is 5.10 Å². The fourth-order valence-electron chi connectivity index (χ4n) is 3.42. The molecule has 0 radical (unpaired) electrons. The molecule has 1 aliphatic heterocycles. The molecule has 1 atom stereocenters. The molecule has 3 aromatic rings. The number of anilines is 2. The highest BCUT2D eigenvalue weighted by Crippen LogP contribution is 2.21. The number of aromatic nitrogens is 2. The summed E-state index contributed by atoms with van der Waals surface area (Å²) in [6.45, 7) is 1.44. The number of urea groups is 1. The van der Waals surface area contributed by atoms with Crippen LogP contribution in [0.15, 0.2) is 48.7 Å². The molecule has 1 saturated heterocycles. The van der Waals surface area contributed by atoms with Crippen molar-refractivity contribution in [1.29, 1.82) is 0 Å². The first-order valence-corrected chi connectivity index (χ1v) is 9.11. The summed E-state index contributed by atoms with van der Waals surface area (Å²) in [5, 5.41) is 14.6. The number of hydrogen-bond donors (Lipinski definition) is 3. The zero-order valence-electron chi connectivity index (χ0n) is 15.2. The monoisotopic (exact) mass is 365 g/mol. The summed E-state index contributed by atoms with van der Waals surface area (Å²) in [6.07, 6.45) is 3.83. The first-order valence-electron chi connectivity index (χ1n) is 9.11. The number of benzene rings is 2. The number of carbonyl (C=O) groups is 1. The van der Waals surface area contributed by atoms with Crippen molar-refractivity contribution in [1.82, 2.24) is 15.1 Å². The number of nitrogens with zero attached hydrogens (tertiary/aromatic N) is 2. The van der Waals surface area contributed by atoms with Crippen molar-refractivity contribution >= 4 is 28.3 Å². The molecule has 3 N–H and O–H groups in total. The second kappa shape index (κ2) is 7.57. The number of hydrogen-bond acceptors (Lipinski definition) is 4. The van der Waals surface area contributed by atoms with Crippen molar-refractivity contribution in [2.75, 3.05) is 30.8 Å². The minimum absolute atomic E-state index is 0.0723. The molecule has 2 heterocycles. The topological polar surface area (TPSA) is 82.3 Å². The summed E-state index contributed by atoms with van der Waals surface area (Å²) < 4.78 is 5.15. The maximum absolute atomic E-state index is 12.6. The normalized spacial score (nSPS) is 16.9. The maximum atomic E-state index is 12.6. The summed E-state index contributed by atoms with van der Waals surface area (Å²) in [7, 11) is 1.62. The molecule has 1 fully saturated rings. The van der Waals surface area contributed by atoms with Crippen LogP contribution in [0.1, 0.15) is 12.8 Å². The van der Waals surface area contributed by atoms with Gasteiger partial charge in [0.15, 0.2) is 0 Å². The fraction of sp³-hybridized carbons (Fsp3) is 0.300. The molecule has 0 bridgehead atoms. The van der Waals surface area contributed by atoms with Gasteiger partial charge in [-0.25, -0.2) is 4.79 Å². The molecule has 0 aliphatic carbocycles. The number of carbonyl (C=O) groups excluding carboxylic acids is 1. The fourth-order valence-corrected chi connectivity index (χ4v) is 3.42. The number of methoxy groups -OCH3 is 1. The van der Waals surface area contributed by atoms with Crippen molar-refractivity contribution in [3.63, 3.8) is 0 Å². The van der Waals surface area contributed by atoms with Crippen LogP contribution in [0.25, 0.3) is 10.9 Å². The van der Waals surface area contributed by atoms with Gasteiger partial charge in [0.05, 0.1) is 18.8 Å². The number of rotatable bonds is 4. The standard InChI is InChI=1S/C20H23N5O2/c1-27-18-7-4-15(5-8-18)23-20(26)25-10-2-3-17(13-25)22-16-6-9-19-14(11-16)12-21-24-19/h4-9,11-12,17,22H,2-3,10,13H2,1H3,(H,21,24)(H,23,26). The zero-order chi connectivity index (χ0) is 18.6. The summed E-state index contributed by atoms with van der Waals surface area (Å²) >= 11 is 0. The minimum Gasteiger partial charge on any atom is -0.497 e. The highest BCUT2D eigenvalue weighted by Gasteiger charge is 2.23. The number of fused-ring (bicyclic) bond motifs is 1. The predicted molar refractivity (Wildman–Crippen MR) is 106 cm³/mol. The van der Waals surface area contributed by atoms with Crippen molar-refractivity contribution < 1.29 is 9.53 Å². The third-order valence-corrected chi connectivity index (χ3v) is 4.86. The molecule has 2 aromatic carbocycles. The number of amides is 2. The molecule has 4 rings (SSSR count). The van der Waals surface area contributed by atoms with Gasteiger partial charge >= 0.3 is 6.03 Å². The quantitative estimate of drug-likeness (QED) is 0.659. The summed E-state index contributed by atoms with van der Waals surface area (Å²) in [6, 6.07) is 13.6. The van der Waals surface area contributed by atoms with Crippen LogP contribution in [0.5, 0.6) is 5.75 Å². The van der Waals surface area contributed by atoms with Crippen molar-refractivity contribution in [2.24, 2.45) is 0 Å². The number of aromatic amines is 1. The van der Waals surface area contributed by atoms with E-state index in [4.69, 9.17) is 4.74 Å². The van der Waals surface area contributed by atoms with Gasteiger partial charge in [-0.15, -0.1) is 0 Å². The molecule has 1 unspecified atom stereocenters. The van der Waals surface area contributed by atoms with Gasteiger partial charge in [-0.3, -0.25) is 5.10 Å². The van der Waals surface area contributed by atoms with E-state index >= 15 is 0 Å². The predicted octanol–water partition coefficient (Wildman–Crippen LogP) is 3.68. The van der Waals surface area contributed by atoms with Crippen molar-refractivity contribution in [3.8, 4) is 5.75 Å². The van der Waals surface area contributed by atoms with E-state index in [0.717, 1.165) is 47.4 Å². The van der Waals surface area contributed by atoms with E-state index in [-0.39, 0.29) is 12.1 Å². The summed E-state index contributed by atoms with van der Waals surface area (Å²) in [4.78, 5) is 14.5. The van der Waals surface area contributed by atoms with E-state index in [1.807, 2.05) is 47.5 Å². The highest BCUT2D eigenvalue weighted by molar-refractivity contribution is 5.89. The third kappa shape index (κ3) is 3.97. The highest BCUT2D eigenvalue weighted by atomic mass is 16.5. The first-order chi connectivity index (χ1) is 13.2. The van der Waals surface area contributed by atoms with Gasteiger partial charge in [0, 0.05) is 35.9 Å². The molecule has 1 aliphatic rings. The van der Waals surface area contributed by atoms with Crippen LogP contribution in [0, 0.1) is 0 Å². The number of likely N-dealkylation sites (tertiary alicyclic amines) is 1. The number of ether oxygens (including phenoxy) is 1. The molecular weight excluding hydrogens is 342 g/mol. The van der Waals surface area contributed by atoms with E-state index in [1.54, 1.807) is 7.11 Å². The van der Waals surface area contributed by atoms with Gasteiger partial charge < -0.3 is 20.3 Å². The molecule has 7 heteroatoms. The lowest BCUT2D eigenvalue weighted by molar-refractivity contribution is 0.196. The Labute approximate surface area is 157 Å². The molecule has 140 valence electrons. The average Bonchev–Trinajstić information content (AvgIpc) is 3.16. The van der Waals surface area contributed by atoms with E-state index in [9.17, 15) is 4.79 Å². The number of piperidine rings is 1. The second-order valence-corrected chi connectivity index (χ2v) is 6.76. The zero-order valence-corrected chi connectivity index (χ0v) is 15.2. The molecule has 2 amide bonds. The van der Waals surface area contributed by atoms with Crippen LogP contribution >= 0.6 is 0 Å². The van der Waals surface area contributed by atoms with Crippen LogP contribution < -0.4 is 15.4 Å². The minimum atomic E-state index is -0.0723. The van der Waals surface area contributed by atoms with Gasteiger partial charge in [0.25, 0.3) is 0 Å². The molecule has 0 saturated carbocycles. The van der Waals surface area contributed by atoms with E-state index in [0.29, 0.717) is 6.54 Å². The van der Waals surface area contributed by atoms with Crippen LogP contribution in [0.2, 0.25) is 0 Å². The smallest absolute Gasteiger partial charge is 0.321 e. The Morgan fingerprint density at radius 1 is 1.22 bits per heavy atom. The lowest BCUT2D eigenvalue weighted by atomic mass is 10.1. The van der Waals surface area contributed by atoms with Crippen molar-refractivity contribution in [3.05, 3.63) is 48.7 Å². The molecule has 1 aromatic heterocycles. The maximum Gasteiger partial charge on any atom is 0.321 e. The first kappa shape index (κ1) is 17.2. The summed E-state index contributed by atoms with van der Waals surface area (Å²) in [5.74, 6) is 0.768. The third-order valence-electron chi connectivity index (χ3n) is 4.86. The number of nitrogens with one attached hydrogen (secondary N) is 3. The number of H-pyrrole nitrogens is 1. The molecular formula is C20H23N5O2. The van der Waals surface area contributed by atoms with Crippen LogP contribution in [-0.2, 0) is 0 Å². The van der Waals surface area contributed by atoms with E-state index in [2.05, 4.69) is 26.9 Å². The van der Waals surface area contributed by atoms with Gasteiger partial charge in [0.2, 0.25) is 0 Å². The largest absolute Gasteiger partial charge is 0.497 e. The van der Waals surface area contributed by atoms with Crippen molar-refractivity contribution in [2.45, 2.75) is 18.9 Å². The molecule has 7 nitrogen and oxygen atoms in total. The Kier molecular flexibility index (Phi) is 4.82. The average molecular weight is 365 g/mol. The van der Waals surface area contributed by atoms with Crippen LogP contribution in [-0.4, -0.2) is 47.4 Å². The SMILES string of the molecule is COc1ccc(NC(=O)N2CCCC(Nc3ccc4[nH]ncc4c3)C2)cc1. The van der Waals surface area contributed by atoms with Gasteiger partial charge in [-0.1, -0.05) is 0 Å². The molecule has 27 heavy (non-hydrogen) atoms. The van der Waals surface area contributed by atoms with Crippen LogP contribution in [0.3, 0.4) is 0 Å². The molecule has 0 spiro atoms. The Morgan fingerprint density at radius 3 is 2.85 bits per heavy atom. The Hall–Kier alpha value is -3.22. The Bertz CT molecular complexity index is 922. The second-order valence-electron chi connectivity index (χ2n) is 6.76.